The Morgan fingerprint density at radius 2 is 1.63 bits per heavy atom. The Labute approximate surface area is 175 Å². The molecule has 1 amide bonds. The second-order valence-electron chi connectivity index (χ2n) is 6.90. The molecular weight excluding hydrogens is 405 g/mol. The van der Waals surface area contributed by atoms with Gasteiger partial charge in [0.25, 0.3) is 0 Å². The number of hydrogen-bond donors (Lipinski definition) is 1. The zero-order valence-electron chi connectivity index (χ0n) is 16.5. The van der Waals surface area contributed by atoms with Gasteiger partial charge in [0.1, 0.15) is 5.82 Å². The van der Waals surface area contributed by atoms with Crippen molar-refractivity contribution in [3.8, 4) is 0 Å². The number of carbonyl (C=O) groups excluding carboxylic acids is 1. The fraction of sp³-hybridized carbons (Fsp3) is 0.182. The molecule has 3 aromatic rings. The molecule has 8 heteroatoms. The molecule has 1 N–H and O–H groups in total. The van der Waals surface area contributed by atoms with Crippen molar-refractivity contribution in [2.45, 2.75) is 13.0 Å². The number of benzene rings is 2. The number of halogens is 1. The van der Waals surface area contributed by atoms with Crippen molar-refractivity contribution in [2.75, 3.05) is 18.1 Å². The van der Waals surface area contributed by atoms with Gasteiger partial charge in [-0.15, -0.1) is 0 Å². The van der Waals surface area contributed by atoms with Gasteiger partial charge in [-0.05, 0) is 47.9 Å². The second-order valence-corrected chi connectivity index (χ2v) is 8.88. The average molecular weight is 428 g/mol. The van der Waals surface area contributed by atoms with Gasteiger partial charge in [0.2, 0.25) is 15.9 Å². The summed E-state index contributed by atoms with van der Waals surface area (Å²) < 4.78 is 39.0. The Morgan fingerprint density at radius 3 is 2.27 bits per heavy atom. The third-order valence-corrected chi connectivity index (χ3v) is 5.69. The van der Waals surface area contributed by atoms with Gasteiger partial charge in [-0.1, -0.05) is 30.3 Å². The zero-order valence-corrected chi connectivity index (χ0v) is 17.3. The van der Waals surface area contributed by atoms with E-state index < -0.39 is 28.3 Å². The lowest BCUT2D eigenvalue weighted by atomic mass is 10.1. The van der Waals surface area contributed by atoms with Crippen LogP contribution >= 0.6 is 0 Å². The van der Waals surface area contributed by atoms with Gasteiger partial charge in [0.05, 0.1) is 12.8 Å². The van der Waals surface area contributed by atoms with E-state index in [1.165, 1.54) is 18.2 Å². The molecule has 0 fully saturated rings. The van der Waals surface area contributed by atoms with Gasteiger partial charge in [-0.2, -0.15) is 4.31 Å². The molecule has 1 aromatic heterocycles. The van der Waals surface area contributed by atoms with Crippen molar-refractivity contribution in [3.63, 3.8) is 0 Å². The van der Waals surface area contributed by atoms with E-state index in [9.17, 15) is 17.6 Å². The standard InChI is InChI=1S/C22H22FN3O3S/c1-30(28,29)26(15-19-4-2-3-5-21(19)23)16-22(27)25-20-8-6-17(7-9-20)14-18-10-12-24-13-11-18/h2-13H,14-16H2,1H3,(H,25,27). The first-order chi connectivity index (χ1) is 14.3. The summed E-state index contributed by atoms with van der Waals surface area (Å²) in [5.74, 6) is -1.02. The van der Waals surface area contributed by atoms with Crippen LogP contribution < -0.4 is 5.32 Å². The van der Waals surface area contributed by atoms with Crippen LogP contribution in [0.25, 0.3) is 0 Å². The molecule has 0 saturated heterocycles. The molecule has 30 heavy (non-hydrogen) atoms. The summed E-state index contributed by atoms with van der Waals surface area (Å²) in [6, 6.07) is 17.1. The van der Waals surface area contributed by atoms with Crippen LogP contribution in [-0.2, 0) is 27.8 Å². The number of anilines is 1. The fourth-order valence-electron chi connectivity index (χ4n) is 2.91. The highest BCUT2D eigenvalue weighted by molar-refractivity contribution is 7.88. The van der Waals surface area contributed by atoms with E-state index in [0.717, 1.165) is 28.1 Å². The molecule has 1 heterocycles. The Kier molecular flexibility index (Phi) is 6.91. The van der Waals surface area contributed by atoms with Gasteiger partial charge >= 0.3 is 0 Å². The van der Waals surface area contributed by atoms with Crippen LogP contribution in [-0.4, -0.2) is 36.4 Å². The van der Waals surface area contributed by atoms with E-state index in [2.05, 4.69) is 10.3 Å². The number of sulfonamides is 1. The molecule has 156 valence electrons. The molecule has 0 aliphatic carbocycles. The fourth-order valence-corrected chi connectivity index (χ4v) is 3.64. The van der Waals surface area contributed by atoms with Crippen molar-refractivity contribution < 1.29 is 17.6 Å². The minimum Gasteiger partial charge on any atom is -0.325 e. The first kappa shape index (κ1) is 21.6. The minimum atomic E-state index is -3.71. The van der Waals surface area contributed by atoms with Gasteiger partial charge in [0.15, 0.2) is 0 Å². The summed E-state index contributed by atoms with van der Waals surface area (Å²) in [5.41, 5.74) is 2.95. The number of carbonyl (C=O) groups is 1. The molecule has 0 atom stereocenters. The lowest BCUT2D eigenvalue weighted by Gasteiger charge is -2.20. The molecule has 0 unspecified atom stereocenters. The highest BCUT2D eigenvalue weighted by Crippen LogP contribution is 2.15. The summed E-state index contributed by atoms with van der Waals surface area (Å²) in [5, 5.41) is 2.69. The quantitative estimate of drug-likeness (QED) is 0.599. The molecule has 3 rings (SSSR count). The summed E-state index contributed by atoms with van der Waals surface area (Å²) in [4.78, 5) is 16.4. The maximum atomic E-state index is 13.9. The highest BCUT2D eigenvalue weighted by Gasteiger charge is 2.21. The first-order valence-corrected chi connectivity index (χ1v) is 11.1. The monoisotopic (exact) mass is 427 g/mol. The van der Waals surface area contributed by atoms with Gasteiger partial charge < -0.3 is 5.32 Å². The summed E-state index contributed by atoms with van der Waals surface area (Å²) in [7, 11) is -3.71. The molecule has 0 aliphatic heterocycles. The van der Waals surface area contributed by atoms with E-state index in [1.54, 1.807) is 30.6 Å². The normalized spacial score (nSPS) is 11.4. The number of nitrogens with zero attached hydrogens (tertiary/aromatic N) is 2. The van der Waals surface area contributed by atoms with Gasteiger partial charge in [0, 0.05) is 30.2 Å². The molecule has 2 aromatic carbocycles. The van der Waals surface area contributed by atoms with Crippen molar-refractivity contribution in [3.05, 3.63) is 95.6 Å². The molecule has 0 saturated carbocycles. The highest BCUT2D eigenvalue weighted by atomic mass is 32.2. The maximum absolute atomic E-state index is 13.9. The predicted octanol–water partition coefficient (Wildman–Crippen LogP) is 3.21. The van der Waals surface area contributed by atoms with Crippen molar-refractivity contribution in [1.29, 1.82) is 0 Å². The lowest BCUT2D eigenvalue weighted by Crippen LogP contribution is -2.37. The van der Waals surface area contributed by atoms with E-state index in [1.807, 2.05) is 24.3 Å². The third-order valence-electron chi connectivity index (χ3n) is 4.49. The topological polar surface area (TPSA) is 79.4 Å². The maximum Gasteiger partial charge on any atom is 0.239 e. The zero-order chi connectivity index (χ0) is 21.6. The van der Waals surface area contributed by atoms with Crippen LogP contribution in [0.3, 0.4) is 0 Å². The van der Waals surface area contributed by atoms with Crippen LogP contribution in [0.2, 0.25) is 0 Å². The number of aromatic nitrogens is 1. The molecule has 6 nitrogen and oxygen atoms in total. The van der Waals surface area contributed by atoms with E-state index in [4.69, 9.17) is 0 Å². The third kappa shape index (κ3) is 6.20. The molecular formula is C22H22FN3O3S. The van der Waals surface area contributed by atoms with Crippen LogP contribution in [0.5, 0.6) is 0 Å². The Hall–Kier alpha value is -3.10. The SMILES string of the molecule is CS(=O)(=O)N(CC(=O)Nc1ccc(Cc2ccncc2)cc1)Cc1ccccc1F. The van der Waals surface area contributed by atoms with E-state index in [0.29, 0.717) is 5.69 Å². The smallest absolute Gasteiger partial charge is 0.239 e. The Balaban J connectivity index is 1.63. The first-order valence-electron chi connectivity index (χ1n) is 9.27. The minimum absolute atomic E-state index is 0.205. The second kappa shape index (κ2) is 9.60. The summed E-state index contributed by atoms with van der Waals surface area (Å²) in [6.07, 6.45) is 5.20. The molecule has 0 spiro atoms. The largest absolute Gasteiger partial charge is 0.325 e. The molecule has 0 bridgehead atoms. The van der Waals surface area contributed by atoms with Crippen molar-refractivity contribution in [2.24, 2.45) is 0 Å². The average Bonchev–Trinajstić information content (AvgIpc) is 2.70. The van der Waals surface area contributed by atoms with Crippen LogP contribution in [0.15, 0.2) is 73.1 Å². The number of amides is 1. The summed E-state index contributed by atoms with van der Waals surface area (Å²) >= 11 is 0. The van der Waals surface area contributed by atoms with Crippen LogP contribution in [0, 0.1) is 5.82 Å². The molecule has 0 radical (unpaired) electrons. The van der Waals surface area contributed by atoms with Gasteiger partial charge in [-0.25, -0.2) is 12.8 Å². The number of nitrogens with one attached hydrogen (secondary N) is 1. The van der Waals surface area contributed by atoms with E-state index in [-0.39, 0.29) is 12.1 Å². The number of hydrogen-bond acceptors (Lipinski definition) is 4. The van der Waals surface area contributed by atoms with Crippen LogP contribution in [0.1, 0.15) is 16.7 Å². The van der Waals surface area contributed by atoms with Gasteiger partial charge in [-0.3, -0.25) is 9.78 Å². The lowest BCUT2D eigenvalue weighted by molar-refractivity contribution is -0.116. The predicted molar refractivity (Wildman–Crippen MR) is 114 cm³/mol. The Morgan fingerprint density at radius 1 is 1.00 bits per heavy atom. The van der Waals surface area contributed by atoms with Crippen molar-refractivity contribution in [1.82, 2.24) is 9.29 Å². The molecule has 0 aliphatic rings. The number of pyridine rings is 1. The Bertz CT molecular complexity index is 1100. The van der Waals surface area contributed by atoms with E-state index >= 15 is 0 Å². The van der Waals surface area contributed by atoms with Crippen molar-refractivity contribution >= 4 is 21.6 Å². The summed E-state index contributed by atoms with van der Waals surface area (Å²) in [6.45, 7) is -0.629. The van der Waals surface area contributed by atoms with Crippen LogP contribution in [0.4, 0.5) is 10.1 Å². The number of rotatable bonds is 8.